The fourth-order valence-corrected chi connectivity index (χ4v) is 4.67. The van der Waals surface area contributed by atoms with Crippen LogP contribution in [0.5, 0.6) is 0 Å². The van der Waals surface area contributed by atoms with Crippen LogP contribution in [-0.2, 0) is 9.84 Å². The monoisotopic (exact) mass is 335 g/mol. The van der Waals surface area contributed by atoms with Gasteiger partial charge in [-0.15, -0.1) is 0 Å². The Hall–Kier alpha value is -1.36. The van der Waals surface area contributed by atoms with E-state index in [0.717, 1.165) is 31.0 Å². The molecule has 1 aliphatic carbocycles. The first-order chi connectivity index (χ1) is 10.9. The molecular formula is C18H25NO3S. The van der Waals surface area contributed by atoms with Crippen molar-refractivity contribution in [3.63, 3.8) is 0 Å². The second kappa shape index (κ2) is 6.27. The molecule has 0 aromatic heterocycles. The Morgan fingerprint density at radius 1 is 1.13 bits per heavy atom. The molecule has 0 unspecified atom stereocenters. The summed E-state index contributed by atoms with van der Waals surface area (Å²) in [6.07, 6.45) is 7.38. The number of rotatable bonds is 2. The molecule has 1 aliphatic heterocycles. The van der Waals surface area contributed by atoms with Crippen LogP contribution in [0.15, 0.2) is 23.1 Å². The summed E-state index contributed by atoms with van der Waals surface area (Å²) in [6.45, 7) is 3.49. The van der Waals surface area contributed by atoms with Gasteiger partial charge < -0.3 is 4.90 Å². The molecule has 2 fully saturated rings. The molecule has 3 rings (SSSR count). The Labute approximate surface area is 138 Å². The van der Waals surface area contributed by atoms with Crippen LogP contribution < -0.4 is 0 Å². The van der Waals surface area contributed by atoms with Gasteiger partial charge in [0.1, 0.15) is 0 Å². The standard InChI is InChI=1S/C18H25NO3S/c1-13-7-8-16(23(2,21)22)11-17(13)18(20)19-10-9-14-5-3-4-6-15(14)12-19/h7-8,11,14-15H,3-6,9-10,12H2,1-2H3/t14-,15+/m0/s1. The van der Waals surface area contributed by atoms with E-state index in [2.05, 4.69) is 0 Å². The Balaban J connectivity index is 1.83. The number of aryl methyl sites for hydroxylation is 1. The molecule has 0 radical (unpaired) electrons. The average molecular weight is 335 g/mol. The van der Waals surface area contributed by atoms with Gasteiger partial charge in [-0.1, -0.05) is 25.3 Å². The lowest BCUT2D eigenvalue weighted by Crippen LogP contribution is -2.45. The van der Waals surface area contributed by atoms with Gasteiger partial charge in [0.05, 0.1) is 4.90 Å². The Morgan fingerprint density at radius 2 is 1.83 bits per heavy atom. The second-order valence-electron chi connectivity index (χ2n) is 7.09. The van der Waals surface area contributed by atoms with Gasteiger partial charge in [-0.3, -0.25) is 4.79 Å². The minimum absolute atomic E-state index is 0.0166. The van der Waals surface area contributed by atoms with Gasteiger partial charge in [0, 0.05) is 24.9 Å². The maximum absolute atomic E-state index is 12.9. The second-order valence-corrected chi connectivity index (χ2v) is 9.11. The van der Waals surface area contributed by atoms with E-state index in [-0.39, 0.29) is 10.8 Å². The predicted octanol–water partition coefficient (Wildman–Crippen LogP) is 3.05. The van der Waals surface area contributed by atoms with E-state index in [1.165, 1.54) is 31.9 Å². The van der Waals surface area contributed by atoms with Crippen molar-refractivity contribution in [2.24, 2.45) is 11.8 Å². The molecule has 1 heterocycles. The molecule has 1 saturated heterocycles. The third-order valence-electron chi connectivity index (χ3n) is 5.45. The van der Waals surface area contributed by atoms with Crippen LogP contribution in [0.4, 0.5) is 0 Å². The summed E-state index contributed by atoms with van der Waals surface area (Å²) < 4.78 is 23.5. The van der Waals surface area contributed by atoms with Gasteiger partial charge in [-0.05, 0) is 49.3 Å². The predicted molar refractivity (Wildman–Crippen MR) is 90.3 cm³/mol. The van der Waals surface area contributed by atoms with Crippen LogP contribution >= 0.6 is 0 Å². The molecule has 1 aromatic rings. The first-order valence-corrected chi connectivity index (χ1v) is 10.4. The highest BCUT2D eigenvalue weighted by molar-refractivity contribution is 7.90. The lowest BCUT2D eigenvalue weighted by atomic mass is 9.75. The number of fused-ring (bicyclic) bond motifs is 1. The van der Waals surface area contributed by atoms with Crippen LogP contribution in [0.1, 0.15) is 48.0 Å². The van der Waals surface area contributed by atoms with E-state index in [1.54, 1.807) is 18.2 Å². The SMILES string of the molecule is Cc1ccc(S(C)(=O)=O)cc1C(=O)N1CC[C@@H]2CCCC[C@@H]2C1. The normalized spacial score (nSPS) is 25.0. The maximum atomic E-state index is 12.9. The Morgan fingerprint density at radius 3 is 2.52 bits per heavy atom. The number of nitrogens with zero attached hydrogens (tertiary/aromatic N) is 1. The molecule has 126 valence electrons. The third-order valence-corrected chi connectivity index (χ3v) is 6.56. The van der Waals surface area contributed by atoms with E-state index >= 15 is 0 Å². The highest BCUT2D eigenvalue weighted by atomic mass is 32.2. The van der Waals surface area contributed by atoms with E-state index < -0.39 is 9.84 Å². The zero-order chi connectivity index (χ0) is 16.6. The van der Waals surface area contributed by atoms with E-state index in [9.17, 15) is 13.2 Å². The van der Waals surface area contributed by atoms with Crippen molar-refractivity contribution >= 4 is 15.7 Å². The lowest BCUT2D eigenvalue weighted by molar-refractivity contribution is 0.0520. The fourth-order valence-electron chi connectivity index (χ4n) is 4.02. The molecular weight excluding hydrogens is 310 g/mol. The summed E-state index contributed by atoms with van der Waals surface area (Å²) in [5.74, 6) is 1.38. The first kappa shape index (κ1) is 16.5. The largest absolute Gasteiger partial charge is 0.338 e. The smallest absolute Gasteiger partial charge is 0.254 e. The summed E-state index contributed by atoms with van der Waals surface area (Å²) in [6, 6.07) is 4.85. The van der Waals surface area contributed by atoms with Gasteiger partial charge in [-0.25, -0.2) is 8.42 Å². The van der Waals surface area contributed by atoms with E-state index in [1.807, 2.05) is 11.8 Å². The summed E-state index contributed by atoms with van der Waals surface area (Å²) >= 11 is 0. The van der Waals surface area contributed by atoms with Crippen molar-refractivity contribution in [2.75, 3.05) is 19.3 Å². The number of amides is 1. The van der Waals surface area contributed by atoms with Crippen LogP contribution in [0.3, 0.4) is 0 Å². The molecule has 2 atom stereocenters. The van der Waals surface area contributed by atoms with Gasteiger partial charge in [0.15, 0.2) is 9.84 Å². The minimum Gasteiger partial charge on any atom is -0.338 e. The van der Waals surface area contributed by atoms with Gasteiger partial charge in [0.25, 0.3) is 5.91 Å². The molecule has 23 heavy (non-hydrogen) atoms. The molecule has 0 bridgehead atoms. The summed E-state index contributed by atoms with van der Waals surface area (Å²) in [4.78, 5) is 15.1. The number of benzene rings is 1. The van der Waals surface area contributed by atoms with Crippen molar-refractivity contribution < 1.29 is 13.2 Å². The van der Waals surface area contributed by atoms with E-state index in [4.69, 9.17) is 0 Å². The number of sulfone groups is 1. The Bertz CT molecular complexity index is 711. The van der Waals surface area contributed by atoms with Crippen LogP contribution in [0.2, 0.25) is 0 Å². The number of carbonyl (C=O) groups is 1. The zero-order valence-electron chi connectivity index (χ0n) is 13.9. The minimum atomic E-state index is -3.30. The van der Waals surface area contributed by atoms with Crippen molar-refractivity contribution in [3.05, 3.63) is 29.3 Å². The van der Waals surface area contributed by atoms with Crippen molar-refractivity contribution in [3.8, 4) is 0 Å². The highest BCUT2D eigenvalue weighted by Crippen LogP contribution is 2.36. The molecule has 2 aliphatic rings. The number of hydrogen-bond donors (Lipinski definition) is 0. The van der Waals surface area contributed by atoms with Crippen LogP contribution in [0, 0.1) is 18.8 Å². The van der Waals surface area contributed by atoms with Crippen molar-refractivity contribution in [1.82, 2.24) is 4.90 Å². The number of hydrogen-bond acceptors (Lipinski definition) is 3. The van der Waals surface area contributed by atoms with Gasteiger partial charge >= 0.3 is 0 Å². The molecule has 0 N–H and O–H groups in total. The lowest BCUT2D eigenvalue weighted by Gasteiger charge is -2.41. The Kier molecular flexibility index (Phi) is 4.50. The van der Waals surface area contributed by atoms with Gasteiger partial charge in [-0.2, -0.15) is 0 Å². The average Bonchev–Trinajstić information content (AvgIpc) is 2.53. The van der Waals surface area contributed by atoms with E-state index in [0.29, 0.717) is 11.5 Å². The summed E-state index contributed by atoms with van der Waals surface area (Å²) in [7, 11) is -3.30. The van der Waals surface area contributed by atoms with Crippen molar-refractivity contribution in [1.29, 1.82) is 0 Å². The molecule has 5 heteroatoms. The topological polar surface area (TPSA) is 54.5 Å². The quantitative estimate of drug-likeness (QED) is 0.835. The summed E-state index contributed by atoms with van der Waals surface area (Å²) in [5, 5.41) is 0. The molecule has 1 aromatic carbocycles. The number of piperidine rings is 1. The maximum Gasteiger partial charge on any atom is 0.254 e. The zero-order valence-corrected chi connectivity index (χ0v) is 14.7. The van der Waals surface area contributed by atoms with Gasteiger partial charge in [0.2, 0.25) is 0 Å². The van der Waals surface area contributed by atoms with Crippen LogP contribution in [0.25, 0.3) is 0 Å². The highest BCUT2D eigenvalue weighted by Gasteiger charge is 2.33. The molecule has 1 amide bonds. The fraction of sp³-hybridized carbons (Fsp3) is 0.611. The number of carbonyl (C=O) groups excluding carboxylic acids is 1. The number of likely N-dealkylation sites (tertiary alicyclic amines) is 1. The first-order valence-electron chi connectivity index (χ1n) is 8.46. The third kappa shape index (κ3) is 3.44. The van der Waals surface area contributed by atoms with Crippen LogP contribution in [-0.4, -0.2) is 38.6 Å². The summed E-state index contributed by atoms with van der Waals surface area (Å²) in [5.41, 5.74) is 1.37. The molecule has 1 saturated carbocycles. The molecule has 0 spiro atoms. The molecule has 4 nitrogen and oxygen atoms in total. The van der Waals surface area contributed by atoms with Crippen molar-refractivity contribution in [2.45, 2.75) is 43.9 Å².